The Balaban J connectivity index is 1.34. The van der Waals surface area contributed by atoms with Crippen LogP contribution in [0.5, 0.6) is 0 Å². The van der Waals surface area contributed by atoms with Crippen LogP contribution in [0.2, 0.25) is 0 Å². The molecular formula is C26H33N3O2. The van der Waals surface area contributed by atoms with Crippen molar-refractivity contribution in [1.29, 1.82) is 0 Å². The van der Waals surface area contributed by atoms with Crippen molar-refractivity contribution < 1.29 is 9.59 Å². The molecule has 0 aromatic heterocycles. The highest BCUT2D eigenvalue weighted by molar-refractivity contribution is 5.96. The van der Waals surface area contributed by atoms with Crippen molar-refractivity contribution in [3.8, 4) is 0 Å². The number of nitrogens with one attached hydrogen (secondary N) is 1. The maximum atomic E-state index is 12.9. The molecule has 2 amide bonds. The van der Waals surface area contributed by atoms with Crippen LogP contribution in [0.3, 0.4) is 0 Å². The van der Waals surface area contributed by atoms with Crippen LogP contribution in [-0.4, -0.2) is 42.9 Å². The van der Waals surface area contributed by atoms with Crippen molar-refractivity contribution in [3.05, 3.63) is 59.7 Å². The molecule has 5 nitrogen and oxygen atoms in total. The Kier molecular flexibility index (Phi) is 6.59. The summed E-state index contributed by atoms with van der Waals surface area (Å²) in [5.74, 6) is 0.649. The van der Waals surface area contributed by atoms with Gasteiger partial charge >= 0.3 is 0 Å². The summed E-state index contributed by atoms with van der Waals surface area (Å²) in [5, 5.41) is 3.06. The lowest BCUT2D eigenvalue weighted by Gasteiger charge is -2.33. The second kappa shape index (κ2) is 9.54. The molecule has 5 heteroatoms. The number of anilines is 2. The predicted molar refractivity (Wildman–Crippen MR) is 125 cm³/mol. The maximum Gasteiger partial charge on any atom is 0.253 e. The van der Waals surface area contributed by atoms with Gasteiger partial charge in [0, 0.05) is 43.1 Å². The summed E-state index contributed by atoms with van der Waals surface area (Å²) < 4.78 is 0. The Morgan fingerprint density at radius 3 is 2.42 bits per heavy atom. The molecule has 2 aliphatic rings. The van der Waals surface area contributed by atoms with Crippen LogP contribution in [0.4, 0.5) is 11.4 Å². The Morgan fingerprint density at radius 1 is 0.968 bits per heavy atom. The molecule has 0 saturated carbocycles. The molecule has 2 aromatic rings. The average molecular weight is 420 g/mol. The number of hydrogen-bond donors (Lipinski definition) is 1. The van der Waals surface area contributed by atoms with E-state index in [0.29, 0.717) is 18.7 Å². The zero-order valence-electron chi connectivity index (χ0n) is 18.6. The minimum atomic E-state index is -0.175. The van der Waals surface area contributed by atoms with E-state index in [-0.39, 0.29) is 17.7 Å². The number of carbonyl (C=O) groups excluding carboxylic acids is 2. The molecule has 164 valence electrons. The van der Waals surface area contributed by atoms with Crippen LogP contribution >= 0.6 is 0 Å². The van der Waals surface area contributed by atoms with Crippen molar-refractivity contribution in [1.82, 2.24) is 4.90 Å². The van der Waals surface area contributed by atoms with Crippen molar-refractivity contribution >= 4 is 23.2 Å². The van der Waals surface area contributed by atoms with Gasteiger partial charge in [0.15, 0.2) is 0 Å². The quantitative estimate of drug-likeness (QED) is 0.780. The lowest BCUT2D eigenvalue weighted by Crippen LogP contribution is -2.43. The van der Waals surface area contributed by atoms with Gasteiger partial charge in [0.1, 0.15) is 0 Å². The topological polar surface area (TPSA) is 52.7 Å². The number of nitrogens with zero attached hydrogens (tertiary/aromatic N) is 2. The van der Waals surface area contributed by atoms with E-state index in [9.17, 15) is 9.59 Å². The number of piperidine rings is 2. The molecule has 0 aliphatic carbocycles. The van der Waals surface area contributed by atoms with E-state index in [2.05, 4.69) is 29.3 Å². The molecule has 1 atom stereocenters. The van der Waals surface area contributed by atoms with Gasteiger partial charge in [-0.15, -0.1) is 0 Å². The lowest BCUT2D eigenvalue weighted by molar-refractivity contribution is -0.121. The molecule has 2 aliphatic heterocycles. The third-order valence-corrected chi connectivity index (χ3v) is 6.63. The molecule has 31 heavy (non-hydrogen) atoms. The van der Waals surface area contributed by atoms with E-state index < -0.39 is 0 Å². The van der Waals surface area contributed by atoms with E-state index in [1.165, 1.54) is 18.5 Å². The van der Waals surface area contributed by atoms with Gasteiger partial charge in [-0.2, -0.15) is 0 Å². The number of rotatable bonds is 4. The monoisotopic (exact) mass is 419 g/mol. The number of hydrogen-bond acceptors (Lipinski definition) is 3. The normalized spacial score (nSPS) is 19.9. The lowest BCUT2D eigenvalue weighted by atomic mass is 9.96. The average Bonchev–Trinajstić information content (AvgIpc) is 2.80. The fourth-order valence-electron chi connectivity index (χ4n) is 4.60. The number of aryl methyl sites for hydroxylation is 1. The van der Waals surface area contributed by atoms with E-state index >= 15 is 0 Å². The number of benzene rings is 2. The molecule has 0 bridgehead atoms. The first-order valence-electron chi connectivity index (χ1n) is 11.5. The SMILES string of the molecule is Cc1cccc(C(=O)N2CCCC(C(=O)Nc3ccc(N4CCC(C)CC4)cc3)C2)c1. The minimum absolute atomic E-state index is 0.00119. The summed E-state index contributed by atoms with van der Waals surface area (Å²) in [6, 6.07) is 15.8. The maximum absolute atomic E-state index is 12.9. The van der Waals surface area contributed by atoms with Crippen molar-refractivity contribution in [2.45, 2.75) is 39.5 Å². The number of amides is 2. The van der Waals surface area contributed by atoms with E-state index in [1.54, 1.807) is 0 Å². The molecule has 1 N–H and O–H groups in total. The first-order valence-corrected chi connectivity index (χ1v) is 11.5. The second-order valence-corrected chi connectivity index (χ2v) is 9.17. The van der Waals surface area contributed by atoms with Gasteiger partial charge in [-0.25, -0.2) is 0 Å². The summed E-state index contributed by atoms with van der Waals surface area (Å²) in [6.07, 6.45) is 4.13. The number of carbonyl (C=O) groups is 2. The summed E-state index contributed by atoms with van der Waals surface area (Å²) in [6.45, 7) is 7.68. The van der Waals surface area contributed by atoms with Crippen LogP contribution in [0, 0.1) is 18.8 Å². The summed E-state index contributed by atoms with van der Waals surface area (Å²) in [4.78, 5) is 30.0. The first-order chi connectivity index (χ1) is 15.0. The van der Waals surface area contributed by atoms with Gasteiger partial charge in [-0.3, -0.25) is 9.59 Å². The molecule has 2 heterocycles. The summed E-state index contributed by atoms with van der Waals surface area (Å²) in [7, 11) is 0. The van der Waals surface area contributed by atoms with E-state index in [0.717, 1.165) is 43.1 Å². The molecule has 1 unspecified atom stereocenters. The predicted octanol–water partition coefficient (Wildman–Crippen LogP) is 4.72. The van der Waals surface area contributed by atoms with Crippen LogP contribution in [0.25, 0.3) is 0 Å². The Bertz CT molecular complexity index is 917. The Hall–Kier alpha value is -2.82. The van der Waals surface area contributed by atoms with Gasteiger partial charge < -0.3 is 15.1 Å². The van der Waals surface area contributed by atoms with Crippen LogP contribution in [0.15, 0.2) is 48.5 Å². The van der Waals surface area contributed by atoms with Gasteiger partial charge in [0.05, 0.1) is 5.92 Å². The summed E-state index contributed by atoms with van der Waals surface area (Å²) in [5.41, 5.74) is 3.81. The minimum Gasteiger partial charge on any atom is -0.372 e. The van der Waals surface area contributed by atoms with Crippen LogP contribution in [0.1, 0.15) is 48.5 Å². The van der Waals surface area contributed by atoms with Gasteiger partial charge in [0.2, 0.25) is 5.91 Å². The Morgan fingerprint density at radius 2 is 1.71 bits per heavy atom. The van der Waals surface area contributed by atoms with Gasteiger partial charge in [-0.1, -0.05) is 24.6 Å². The smallest absolute Gasteiger partial charge is 0.253 e. The third-order valence-electron chi connectivity index (χ3n) is 6.63. The second-order valence-electron chi connectivity index (χ2n) is 9.17. The van der Waals surface area contributed by atoms with E-state index in [1.807, 2.05) is 48.2 Å². The zero-order chi connectivity index (χ0) is 21.8. The van der Waals surface area contributed by atoms with Gasteiger partial charge in [0.25, 0.3) is 5.91 Å². The highest BCUT2D eigenvalue weighted by Crippen LogP contribution is 2.25. The van der Waals surface area contributed by atoms with Crippen molar-refractivity contribution in [2.24, 2.45) is 11.8 Å². The number of likely N-dealkylation sites (tertiary alicyclic amines) is 1. The standard InChI is InChI=1S/C26H33N3O2/c1-19-12-15-28(16-13-19)24-10-8-23(9-11-24)27-25(30)22-7-4-14-29(18-22)26(31)21-6-3-5-20(2)17-21/h3,5-6,8-11,17,19,22H,4,7,12-16,18H2,1-2H3,(H,27,30). The highest BCUT2D eigenvalue weighted by atomic mass is 16.2. The van der Waals surface area contributed by atoms with Crippen LogP contribution in [-0.2, 0) is 4.79 Å². The summed E-state index contributed by atoms with van der Waals surface area (Å²) >= 11 is 0. The largest absolute Gasteiger partial charge is 0.372 e. The molecule has 2 fully saturated rings. The zero-order valence-corrected chi connectivity index (χ0v) is 18.6. The fourth-order valence-corrected chi connectivity index (χ4v) is 4.60. The van der Waals surface area contributed by atoms with E-state index in [4.69, 9.17) is 0 Å². The van der Waals surface area contributed by atoms with Crippen molar-refractivity contribution in [3.63, 3.8) is 0 Å². The van der Waals surface area contributed by atoms with Crippen LogP contribution < -0.4 is 10.2 Å². The molecule has 0 radical (unpaired) electrons. The van der Waals surface area contributed by atoms with Gasteiger partial charge in [-0.05, 0) is 74.9 Å². The molecule has 2 aromatic carbocycles. The third kappa shape index (κ3) is 5.27. The molecule has 4 rings (SSSR count). The first kappa shape index (κ1) is 21.4. The Labute approximate surface area is 185 Å². The molecule has 0 spiro atoms. The molecular weight excluding hydrogens is 386 g/mol. The molecule has 2 saturated heterocycles. The highest BCUT2D eigenvalue weighted by Gasteiger charge is 2.29. The fraction of sp³-hybridized carbons (Fsp3) is 0.462. The van der Waals surface area contributed by atoms with Crippen molar-refractivity contribution in [2.75, 3.05) is 36.4 Å².